The fourth-order valence-corrected chi connectivity index (χ4v) is 2.68. The van der Waals surface area contributed by atoms with Crippen LogP contribution in [0.1, 0.15) is 19.4 Å². The molecule has 2 aromatic carbocycles. The van der Waals surface area contributed by atoms with E-state index in [0.29, 0.717) is 11.4 Å². The summed E-state index contributed by atoms with van der Waals surface area (Å²) in [5, 5.41) is 2.84. The Morgan fingerprint density at radius 2 is 1.91 bits per heavy atom. The molecule has 0 aliphatic rings. The number of aromatic nitrogens is 2. The number of nitrogens with one attached hydrogen (secondary N) is 1. The minimum Gasteiger partial charge on any atom is -0.481 e. The first kappa shape index (κ1) is 15.4. The van der Waals surface area contributed by atoms with E-state index in [-0.39, 0.29) is 5.91 Å². The van der Waals surface area contributed by atoms with E-state index in [9.17, 15) is 4.79 Å². The number of nitrogens with zero attached hydrogens (tertiary/aromatic N) is 2. The maximum Gasteiger partial charge on any atom is 0.265 e. The predicted molar refractivity (Wildman–Crippen MR) is 92.0 cm³/mol. The third-order valence-electron chi connectivity index (χ3n) is 3.53. The Kier molecular flexibility index (Phi) is 4.52. The predicted octanol–water partition coefficient (Wildman–Crippen LogP) is 3.66. The van der Waals surface area contributed by atoms with Crippen LogP contribution in [0.25, 0.3) is 11.0 Å². The van der Waals surface area contributed by atoms with E-state index in [0.717, 1.165) is 29.2 Å². The smallest absolute Gasteiger partial charge is 0.265 e. The van der Waals surface area contributed by atoms with Gasteiger partial charge in [-0.2, -0.15) is 8.75 Å². The van der Waals surface area contributed by atoms with Crippen molar-refractivity contribution >= 4 is 34.4 Å². The average Bonchev–Trinajstić information content (AvgIpc) is 3.03. The first-order valence-electron chi connectivity index (χ1n) is 7.44. The fourth-order valence-electron chi connectivity index (χ4n) is 2.17. The van der Waals surface area contributed by atoms with E-state index >= 15 is 0 Å². The molecule has 118 valence electrons. The summed E-state index contributed by atoms with van der Waals surface area (Å²) in [4.78, 5) is 12.2. The van der Waals surface area contributed by atoms with Crippen molar-refractivity contribution in [2.75, 3.05) is 5.32 Å². The fraction of sp³-hybridized carbons (Fsp3) is 0.235. The van der Waals surface area contributed by atoms with Gasteiger partial charge in [-0.1, -0.05) is 19.1 Å². The largest absolute Gasteiger partial charge is 0.481 e. The minimum absolute atomic E-state index is 0.202. The molecule has 5 nitrogen and oxygen atoms in total. The van der Waals surface area contributed by atoms with Crippen LogP contribution in [-0.4, -0.2) is 20.8 Å². The highest BCUT2D eigenvalue weighted by molar-refractivity contribution is 7.00. The van der Waals surface area contributed by atoms with Crippen molar-refractivity contribution in [2.24, 2.45) is 0 Å². The molecule has 6 heteroatoms. The molecule has 1 atom stereocenters. The topological polar surface area (TPSA) is 64.1 Å². The van der Waals surface area contributed by atoms with E-state index in [1.54, 1.807) is 13.0 Å². The molecular formula is C17H17N3O2S. The van der Waals surface area contributed by atoms with Gasteiger partial charge < -0.3 is 10.1 Å². The van der Waals surface area contributed by atoms with Crippen LogP contribution in [0.3, 0.4) is 0 Å². The van der Waals surface area contributed by atoms with Gasteiger partial charge in [-0.05, 0) is 49.2 Å². The number of carbonyl (C=O) groups is 1. The average molecular weight is 327 g/mol. The van der Waals surface area contributed by atoms with Crippen molar-refractivity contribution in [2.45, 2.75) is 26.4 Å². The Labute approximate surface area is 138 Å². The lowest BCUT2D eigenvalue weighted by Gasteiger charge is -2.15. The number of anilines is 1. The lowest BCUT2D eigenvalue weighted by atomic mass is 10.2. The van der Waals surface area contributed by atoms with Gasteiger partial charge in [-0.15, -0.1) is 0 Å². The first-order valence-corrected chi connectivity index (χ1v) is 8.17. The molecule has 0 saturated heterocycles. The van der Waals surface area contributed by atoms with Gasteiger partial charge in [0, 0.05) is 5.69 Å². The van der Waals surface area contributed by atoms with Crippen LogP contribution >= 0.6 is 11.7 Å². The zero-order chi connectivity index (χ0) is 16.2. The molecule has 0 radical (unpaired) electrons. The van der Waals surface area contributed by atoms with Crippen molar-refractivity contribution < 1.29 is 9.53 Å². The number of benzene rings is 2. The number of aryl methyl sites for hydroxylation is 1. The lowest BCUT2D eigenvalue weighted by Crippen LogP contribution is -2.30. The molecule has 1 amide bonds. The monoisotopic (exact) mass is 327 g/mol. The standard InChI is InChI=1S/C17H17N3O2S/c1-3-12-4-7-14(8-5-12)22-11(2)17(21)18-13-6-9-15-16(10-13)20-23-19-15/h4-11H,3H2,1-2H3,(H,18,21)/t11-/m1/s1. The van der Waals surface area contributed by atoms with E-state index in [2.05, 4.69) is 21.0 Å². The molecule has 0 aliphatic carbocycles. The van der Waals surface area contributed by atoms with E-state index in [4.69, 9.17) is 4.74 Å². The molecule has 0 unspecified atom stereocenters. The summed E-state index contributed by atoms with van der Waals surface area (Å²) in [6, 6.07) is 13.2. The Morgan fingerprint density at radius 1 is 1.17 bits per heavy atom. The zero-order valence-electron chi connectivity index (χ0n) is 12.9. The van der Waals surface area contributed by atoms with Crippen LogP contribution in [0.15, 0.2) is 42.5 Å². The number of amides is 1. The lowest BCUT2D eigenvalue weighted by molar-refractivity contribution is -0.122. The molecule has 1 heterocycles. The summed E-state index contributed by atoms with van der Waals surface area (Å²) in [5.74, 6) is 0.483. The Bertz CT molecular complexity index is 814. The molecule has 1 aromatic heterocycles. The van der Waals surface area contributed by atoms with Gasteiger partial charge in [0.15, 0.2) is 6.10 Å². The second kappa shape index (κ2) is 6.75. The third kappa shape index (κ3) is 3.65. The van der Waals surface area contributed by atoms with Crippen molar-refractivity contribution in [1.29, 1.82) is 0 Å². The Hall–Kier alpha value is -2.47. The normalized spacial score (nSPS) is 12.1. The van der Waals surface area contributed by atoms with Gasteiger partial charge in [-0.3, -0.25) is 4.79 Å². The maximum absolute atomic E-state index is 12.2. The molecule has 0 spiro atoms. The van der Waals surface area contributed by atoms with Gasteiger partial charge in [0.05, 0.1) is 11.7 Å². The van der Waals surface area contributed by atoms with Gasteiger partial charge in [0.2, 0.25) is 0 Å². The van der Waals surface area contributed by atoms with Crippen molar-refractivity contribution in [3.05, 3.63) is 48.0 Å². The number of carbonyl (C=O) groups excluding carboxylic acids is 1. The number of hydrogen-bond acceptors (Lipinski definition) is 5. The van der Waals surface area contributed by atoms with E-state index in [1.807, 2.05) is 36.4 Å². The van der Waals surface area contributed by atoms with Crippen LogP contribution in [0.4, 0.5) is 5.69 Å². The second-order valence-corrected chi connectivity index (χ2v) is 5.74. The minimum atomic E-state index is -0.591. The number of rotatable bonds is 5. The summed E-state index contributed by atoms with van der Waals surface area (Å²) in [5.41, 5.74) is 3.52. The van der Waals surface area contributed by atoms with Gasteiger partial charge in [-0.25, -0.2) is 0 Å². The van der Waals surface area contributed by atoms with Crippen molar-refractivity contribution in [3.63, 3.8) is 0 Å². The SMILES string of the molecule is CCc1ccc(O[C@H](C)C(=O)Nc2ccc3nsnc3c2)cc1. The molecule has 0 aliphatic heterocycles. The molecule has 1 N–H and O–H groups in total. The van der Waals surface area contributed by atoms with Crippen molar-refractivity contribution in [1.82, 2.24) is 8.75 Å². The Balaban J connectivity index is 1.64. The van der Waals surface area contributed by atoms with Crippen molar-refractivity contribution in [3.8, 4) is 5.75 Å². The zero-order valence-corrected chi connectivity index (χ0v) is 13.8. The van der Waals surface area contributed by atoms with E-state index in [1.165, 1.54) is 5.56 Å². The molecule has 3 aromatic rings. The van der Waals surface area contributed by atoms with Crippen LogP contribution in [0.5, 0.6) is 5.75 Å². The second-order valence-electron chi connectivity index (χ2n) is 5.21. The third-order valence-corrected chi connectivity index (χ3v) is 4.09. The maximum atomic E-state index is 12.2. The molecule has 0 saturated carbocycles. The Morgan fingerprint density at radius 3 is 2.65 bits per heavy atom. The van der Waals surface area contributed by atoms with Gasteiger partial charge in [0.1, 0.15) is 16.8 Å². The first-order chi connectivity index (χ1) is 11.2. The van der Waals surface area contributed by atoms with Crippen LogP contribution in [0, 0.1) is 0 Å². The number of hydrogen-bond donors (Lipinski definition) is 1. The summed E-state index contributed by atoms with van der Waals surface area (Å²) in [6.07, 6.45) is 0.385. The highest BCUT2D eigenvalue weighted by Crippen LogP contribution is 2.18. The summed E-state index contributed by atoms with van der Waals surface area (Å²) >= 11 is 1.15. The van der Waals surface area contributed by atoms with Crippen LogP contribution in [-0.2, 0) is 11.2 Å². The number of ether oxygens (including phenoxy) is 1. The molecule has 0 fully saturated rings. The highest BCUT2D eigenvalue weighted by atomic mass is 32.1. The summed E-state index contributed by atoms with van der Waals surface area (Å²) in [7, 11) is 0. The summed E-state index contributed by atoms with van der Waals surface area (Å²) in [6.45, 7) is 3.83. The molecule has 23 heavy (non-hydrogen) atoms. The molecule has 0 bridgehead atoms. The van der Waals surface area contributed by atoms with Gasteiger partial charge >= 0.3 is 0 Å². The van der Waals surface area contributed by atoms with Crippen LogP contribution in [0.2, 0.25) is 0 Å². The van der Waals surface area contributed by atoms with Crippen LogP contribution < -0.4 is 10.1 Å². The number of fused-ring (bicyclic) bond motifs is 1. The molecule has 3 rings (SSSR count). The van der Waals surface area contributed by atoms with E-state index < -0.39 is 6.10 Å². The quantitative estimate of drug-likeness (QED) is 0.777. The highest BCUT2D eigenvalue weighted by Gasteiger charge is 2.15. The summed E-state index contributed by atoms with van der Waals surface area (Å²) < 4.78 is 14.0. The molecular weight excluding hydrogens is 310 g/mol. The van der Waals surface area contributed by atoms with Gasteiger partial charge in [0.25, 0.3) is 5.91 Å².